The number of halogens is 3. The first-order chi connectivity index (χ1) is 6.91. The van der Waals surface area contributed by atoms with Crippen LogP contribution < -0.4 is 17.2 Å². The van der Waals surface area contributed by atoms with Crippen LogP contribution in [0.15, 0.2) is 4.99 Å². The number of aliphatic imine (C=N–C) groups is 1. The van der Waals surface area contributed by atoms with E-state index in [1.807, 2.05) is 0 Å². The first kappa shape index (κ1) is 14.7. The van der Waals surface area contributed by atoms with Crippen LogP contribution in [0.5, 0.6) is 0 Å². The molecule has 1 rings (SSSR count). The quantitative estimate of drug-likeness (QED) is 0.498. The third kappa shape index (κ3) is 3.37. The number of carbonyl (C=O) groups excluding carboxylic acids is 1. The molecule has 1 aromatic rings. The molecule has 0 unspecified atom stereocenters. The minimum absolute atomic E-state index is 0. The Kier molecular flexibility index (Phi) is 5.22. The van der Waals surface area contributed by atoms with E-state index in [1.165, 1.54) is 0 Å². The Balaban J connectivity index is 0.00000225. The Morgan fingerprint density at radius 2 is 1.69 bits per heavy atom. The first-order valence-corrected chi connectivity index (χ1v) is 4.30. The number of carbonyl (C=O) groups is 1. The second-order valence-corrected chi connectivity index (χ2v) is 3.10. The molecule has 0 bridgehead atoms. The molecule has 1 amide bonds. The Labute approximate surface area is 106 Å². The molecular formula is C6H7Cl3N6O. The van der Waals surface area contributed by atoms with Crippen molar-refractivity contribution >= 4 is 53.3 Å². The van der Waals surface area contributed by atoms with Crippen molar-refractivity contribution in [2.45, 2.75) is 0 Å². The van der Waals surface area contributed by atoms with Crippen LogP contribution in [-0.4, -0.2) is 21.8 Å². The van der Waals surface area contributed by atoms with Gasteiger partial charge in [-0.2, -0.15) is 4.99 Å². The van der Waals surface area contributed by atoms with E-state index in [2.05, 4.69) is 15.0 Å². The lowest BCUT2D eigenvalue weighted by molar-refractivity contribution is 0.0998. The van der Waals surface area contributed by atoms with Gasteiger partial charge in [-0.25, -0.2) is 9.97 Å². The van der Waals surface area contributed by atoms with Gasteiger partial charge < -0.3 is 17.2 Å². The standard InChI is InChI=1S/C6H6Cl2N6O.ClH/c7-2-3(8)13-4(9)1(12-2)5(15)14-6(10)11;/h(H2,9,13)(H4,10,11,14,15);1H. The highest BCUT2D eigenvalue weighted by atomic mass is 35.5. The summed E-state index contributed by atoms with van der Waals surface area (Å²) in [5.74, 6) is -1.44. The fraction of sp³-hybridized carbons (Fsp3) is 0. The summed E-state index contributed by atoms with van der Waals surface area (Å²) in [6, 6.07) is 0. The highest BCUT2D eigenvalue weighted by Gasteiger charge is 2.15. The van der Waals surface area contributed by atoms with Gasteiger partial charge in [0.2, 0.25) is 0 Å². The SMILES string of the molecule is Cl.NC(N)=NC(=O)c1nc(Cl)c(Cl)nc1N. The molecule has 88 valence electrons. The summed E-state index contributed by atoms with van der Waals surface area (Å²) in [5, 5.41) is -0.254. The van der Waals surface area contributed by atoms with Gasteiger partial charge in [-0.1, -0.05) is 23.2 Å². The number of hydrogen-bond donors (Lipinski definition) is 3. The summed E-state index contributed by atoms with van der Waals surface area (Å²) in [5.41, 5.74) is 15.1. The van der Waals surface area contributed by atoms with E-state index >= 15 is 0 Å². The van der Waals surface area contributed by atoms with Crippen molar-refractivity contribution in [2.75, 3.05) is 5.73 Å². The van der Waals surface area contributed by atoms with Crippen molar-refractivity contribution in [3.63, 3.8) is 0 Å². The highest BCUT2D eigenvalue weighted by molar-refractivity contribution is 6.40. The van der Waals surface area contributed by atoms with Crippen molar-refractivity contribution < 1.29 is 4.79 Å². The topological polar surface area (TPSA) is 133 Å². The molecule has 0 radical (unpaired) electrons. The molecule has 0 aliphatic carbocycles. The maximum absolute atomic E-state index is 11.3. The van der Waals surface area contributed by atoms with Crippen molar-refractivity contribution in [1.82, 2.24) is 9.97 Å². The molecule has 7 nitrogen and oxygen atoms in total. The van der Waals surface area contributed by atoms with E-state index in [1.54, 1.807) is 0 Å². The Morgan fingerprint density at radius 3 is 2.19 bits per heavy atom. The van der Waals surface area contributed by atoms with E-state index in [9.17, 15) is 4.79 Å². The molecule has 1 aromatic heterocycles. The van der Waals surface area contributed by atoms with Gasteiger partial charge in [0.1, 0.15) is 0 Å². The summed E-state index contributed by atoms with van der Waals surface area (Å²) < 4.78 is 0. The molecule has 10 heteroatoms. The van der Waals surface area contributed by atoms with Crippen molar-refractivity contribution in [3.8, 4) is 0 Å². The second-order valence-electron chi connectivity index (χ2n) is 2.38. The van der Waals surface area contributed by atoms with Crippen LogP contribution in [0.25, 0.3) is 0 Å². The molecule has 0 aromatic carbocycles. The normalized spacial score (nSPS) is 9.12. The number of hydrogen-bond acceptors (Lipinski definition) is 4. The zero-order valence-electron chi connectivity index (χ0n) is 7.65. The van der Waals surface area contributed by atoms with Gasteiger partial charge in [-0.05, 0) is 0 Å². The number of aromatic nitrogens is 2. The van der Waals surface area contributed by atoms with Crippen LogP contribution >= 0.6 is 35.6 Å². The van der Waals surface area contributed by atoms with Gasteiger partial charge in [-0.15, -0.1) is 12.4 Å². The average Bonchev–Trinajstić information content (AvgIpc) is 2.09. The number of guanidine groups is 1. The number of amides is 1. The van der Waals surface area contributed by atoms with Crippen molar-refractivity contribution in [2.24, 2.45) is 16.5 Å². The largest absolute Gasteiger partial charge is 0.382 e. The Hall–Kier alpha value is -1.31. The summed E-state index contributed by atoms with van der Waals surface area (Å²) in [4.78, 5) is 21.7. The van der Waals surface area contributed by atoms with Gasteiger partial charge in [0.15, 0.2) is 27.8 Å². The lowest BCUT2D eigenvalue weighted by atomic mass is 10.4. The summed E-state index contributed by atoms with van der Waals surface area (Å²) in [6.07, 6.45) is 0. The number of nitrogen functional groups attached to an aromatic ring is 1. The van der Waals surface area contributed by atoms with E-state index in [0.29, 0.717) is 0 Å². The molecule has 0 atom stereocenters. The lowest BCUT2D eigenvalue weighted by Gasteiger charge is -2.01. The zero-order chi connectivity index (χ0) is 11.6. The van der Waals surface area contributed by atoms with Crippen LogP contribution in [0.4, 0.5) is 5.82 Å². The van der Waals surface area contributed by atoms with Gasteiger partial charge >= 0.3 is 5.91 Å². The fourth-order valence-corrected chi connectivity index (χ4v) is 0.994. The third-order valence-corrected chi connectivity index (χ3v) is 1.90. The summed E-state index contributed by atoms with van der Waals surface area (Å²) in [6.45, 7) is 0. The Bertz CT molecular complexity index is 444. The molecule has 0 aliphatic heterocycles. The highest BCUT2D eigenvalue weighted by Crippen LogP contribution is 2.20. The summed E-state index contributed by atoms with van der Waals surface area (Å²) in [7, 11) is 0. The molecule has 0 aliphatic rings. The van der Waals surface area contributed by atoms with Gasteiger partial charge in [0.05, 0.1) is 0 Å². The van der Waals surface area contributed by atoms with Crippen LogP contribution in [0.3, 0.4) is 0 Å². The molecule has 6 N–H and O–H groups in total. The van der Waals surface area contributed by atoms with Crippen LogP contribution in [0.2, 0.25) is 10.3 Å². The molecule has 0 spiro atoms. The fourth-order valence-electron chi connectivity index (χ4n) is 0.734. The van der Waals surface area contributed by atoms with Crippen LogP contribution in [0.1, 0.15) is 10.5 Å². The van der Waals surface area contributed by atoms with Gasteiger partial charge in [0, 0.05) is 0 Å². The van der Waals surface area contributed by atoms with Crippen molar-refractivity contribution in [3.05, 3.63) is 16.0 Å². The smallest absolute Gasteiger partial charge is 0.302 e. The van der Waals surface area contributed by atoms with Gasteiger partial charge in [0.25, 0.3) is 0 Å². The second kappa shape index (κ2) is 5.69. The van der Waals surface area contributed by atoms with E-state index in [4.69, 9.17) is 40.4 Å². The molecule has 0 fully saturated rings. The van der Waals surface area contributed by atoms with Crippen LogP contribution in [-0.2, 0) is 0 Å². The van der Waals surface area contributed by atoms with Crippen molar-refractivity contribution in [1.29, 1.82) is 0 Å². The van der Waals surface area contributed by atoms with E-state index in [-0.39, 0.29) is 34.2 Å². The zero-order valence-corrected chi connectivity index (χ0v) is 9.97. The minimum atomic E-state index is -0.835. The average molecular weight is 286 g/mol. The molecule has 0 saturated heterocycles. The molecule has 0 saturated carbocycles. The monoisotopic (exact) mass is 284 g/mol. The predicted molar refractivity (Wildman–Crippen MR) is 63.9 cm³/mol. The summed E-state index contributed by atoms with van der Waals surface area (Å²) >= 11 is 11.1. The molecule has 1 heterocycles. The Morgan fingerprint density at radius 1 is 1.19 bits per heavy atom. The van der Waals surface area contributed by atoms with E-state index < -0.39 is 11.9 Å². The minimum Gasteiger partial charge on any atom is -0.382 e. The molecule has 16 heavy (non-hydrogen) atoms. The maximum atomic E-state index is 11.3. The maximum Gasteiger partial charge on any atom is 0.302 e. The van der Waals surface area contributed by atoms with Gasteiger partial charge in [-0.3, -0.25) is 4.79 Å². The third-order valence-electron chi connectivity index (χ3n) is 1.27. The number of nitrogens with zero attached hydrogens (tertiary/aromatic N) is 3. The van der Waals surface area contributed by atoms with Crippen LogP contribution in [0, 0.1) is 0 Å². The van der Waals surface area contributed by atoms with E-state index in [0.717, 1.165) is 0 Å². The number of anilines is 1. The number of rotatable bonds is 1. The predicted octanol–water partition coefficient (Wildman–Crippen LogP) is 0.201. The first-order valence-electron chi connectivity index (χ1n) is 3.54. The number of nitrogens with two attached hydrogens (primary N) is 3. The lowest BCUT2D eigenvalue weighted by Crippen LogP contribution is -2.24. The molecular weight excluding hydrogens is 278 g/mol.